The maximum atomic E-state index is 12.2. The van der Waals surface area contributed by atoms with Gasteiger partial charge in [-0.05, 0) is 19.3 Å². The normalized spacial score (nSPS) is 31.2. The van der Waals surface area contributed by atoms with Crippen molar-refractivity contribution < 1.29 is 24.2 Å². The number of rotatable bonds is 7. The summed E-state index contributed by atoms with van der Waals surface area (Å²) in [5, 5.41) is 19.0. The predicted molar refractivity (Wildman–Crippen MR) is 102 cm³/mol. The number of aryl methyl sites for hydroxylation is 1. The van der Waals surface area contributed by atoms with Gasteiger partial charge in [-0.15, -0.1) is 0 Å². The maximum absolute atomic E-state index is 12.2. The van der Waals surface area contributed by atoms with Crippen LogP contribution in [0.4, 0.5) is 4.79 Å². The molecule has 160 valence electrons. The third kappa shape index (κ3) is 4.71. The number of carbonyl (C=O) groups is 2. The van der Waals surface area contributed by atoms with Crippen LogP contribution in [0.15, 0.2) is 12.4 Å². The van der Waals surface area contributed by atoms with Crippen LogP contribution in [0.2, 0.25) is 0 Å². The largest absolute Gasteiger partial charge is 0.388 e. The van der Waals surface area contributed by atoms with Gasteiger partial charge in [0.2, 0.25) is 5.91 Å². The highest BCUT2D eigenvalue weighted by Gasteiger charge is 2.50. The van der Waals surface area contributed by atoms with Crippen LogP contribution in [-0.4, -0.2) is 69.7 Å². The van der Waals surface area contributed by atoms with Crippen molar-refractivity contribution in [1.29, 1.82) is 0 Å². The molecule has 3 amide bonds. The molecule has 3 fully saturated rings. The molecule has 1 aromatic heterocycles. The van der Waals surface area contributed by atoms with Crippen molar-refractivity contribution in [3.05, 3.63) is 18.2 Å². The van der Waals surface area contributed by atoms with E-state index in [2.05, 4.69) is 20.9 Å². The average Bonchev–Trinajstić information content (AvgIpc) is 3.31. The summed E-state index contributed by atoms with van der Waals surface area (Å²) in [5.74, 6) is 0.649. The van der Waals surface area contributed by atoms with Crippen LogP contribution in [0.1, 0.15) is 37.9 Å². The molecule has 29 heavy (non-hydrogen) atoms. The first-order valence-electron chi connectivity index (χ1n) is 10.3. The smallest absolute Gasteiger partial charge is 0.315 e. The number of imidazole rings is 1. The fourth-order valence-corrected chi connectivity index (χ4v) is 4.01. The molecule has 4 rings (SSSR count). The van der Waals surface area contributed by atoms with Gasteiger partial charge in [0.15, 0.2) is 0 Å². The zero-order valence-electron chi connectivity index (χ0n) is 16.5. The minimum Gasteiger partial charge on any atom is -0.388 e. The fourth-order valence-electron chi connectivity index (χ4n) is 4.01. The van der Waals surface area contributed by atoms with E-state index in [0.29, 0.717) is 13.0 Å². The van der Waals surface area contributed by atoms with Gasteiger partial charge in [0.1, 0.15) is 24.1 Å². The number of ether oxygens (including phenoxy) is 2. The molecule has 1 aliphatic carbocycles. The van der Waals surface area contributed by atoms with Crippen molar-refractivity contribution in [2.24, 2.45) is 7.05 Å². The minimum atomic E-state index is -0.829. The number of aromatic nitrogens is 2. The first-order chi connectivity index (χ1) is 14.0. The molecule has 5 atom stereocenters. The number of hydrogen-bond donors (Lipinski definition) is 4. The van der Waals surface area contributed by atoms with Gasteiger partial charge < -0.3 is 35.1 Å². The van der Waals surface area contributed by atoms with Crippen molar-refractivity contribution >= 4 is 11.9 Å². The molecule has 3 heterocycles. The molecule has 0 radical (unpaired) electrons. The molecule has 1 aromatic rings. The quantitative estimate of drug-likeness (QED) is 0.486. The van der Waals surface area contributed by atoms with Crippen molar-refractivity contribution in [2.75, 3.05) is 6.54 Å². The van der Waals surface area contributed by atoms with Gasteiger partial charge in [0, 0.05) is 38.4 Å². The summed E-state index contributed by atoms with van der Waals surface area (Å²) in [6, 6.07) is 0.0298. The number of amides is 3. The Kier molecular flexibility index (Phi) is 6.02. The highest BCUT2D eigenvalue weighted by atomic mass is 16.6. The van der Waals surface area contributed by atoms with Crippen molar-refractivity contribution in [3.63, 3.8) is 0 Å². The van der Waals surface area contributed by atoms with E-state index in [9.17, 15) is 14.7 Å². The Morgan fingerprint density at radius 1 is 1.31 bits per heavy atom. The lowest BCUT2D eigenvalue weighted by Gasteiger charge is -2.27. The Balaban J connectivity index is 1.17. The van der Waals surface area contributed by atoms with Gasteiger partial charge in [-0.25, -0.2) is 9.78 Å². The average molecular weight is 407 g/mol. The zero-order valence-corrected chi connectivity index (χ0v) is 16.5. The van der Waals surface area contributed by atoms with E-state index in [1.54, 1.807) is 6.20 Å². The van der Waals surface area contributed by atoms with Gasteiger partial charge in [0.25, 0.3) is 0 Å². The lowest BCUT2D eigenvalue weighted by Crippen LogP contribution is -2.48. The zero-order chi connectivity index (χ0) is 20.4. The number of hydrogen-bond acceptors (Lipinski definition) is 6. The number of urea groups is 1. The van der Waals surface area contributed by atoms with Gasteiger partial charge in [-0.2, -0.15) is 0 Å². The third-order valence-corrected chi connectivity index (χ3v) is 5.96. The molecular formula is C19H29N5O5. The fraction of sp³-hybridized carbons (Fsp3) is 0.737. The van der Waals surface area contributed by atoms with E-state index in [4.69, 9.17) is 9.47 Å². The molecule has 2 saturated heterocycles. The second-order valence-electron chi connectivity index (χ2n) is 8.08. The Hall–Kier alpha value is -2.17. The summed E-state index contributed by atoms with van der Waals surface area (Å²) in [4.78, 5) is 28.2. The summed E-state index contributed by atoms with van der Waals surface area (Å²) in [7, 11) is 1.87. The molecule has 4 N–H and O–H groups in total. The molecule has 0 aromatic carbocycles. The van der Waals surface area contributed by atoms with Crippen molar-refractivity contribution in [2.45, 2.75) is 75.2 Å². The molecule has 10 nitrogen and oxygen atoms in total. The highest BCUT2D eigenvalue weighted by molar-refractivity contribution is 5.76. The third-order valence-electron chi connectivity index (χ3n) is 5.96. The number of nitrogens with zero attached hydrogens (tertiary/aromatic N) is 2. The standard InChI is InChI=1S/C19H29N5O5/c1-24-6-5-20-15(24)10-21-16(25)8-12-7-13-18(28-12)17(26)14(29-13)9-22-19(27)23-11-3-2-4-11/h5-6,11-14,17-18,26H,2-4,7-10H2,1H3,(H,21,25)(H2,22,23,27). The van der Waals surface area contributed by atoms with E-state index in [0.717, 1.165) is 25.1 Å². The molecule has 10 heteroatoms. The summed E-state index contributed by atoms with van der Waals surface area (Å²) < 4.78 is 13.6. The van der Waals surface area contributed by atoms with Crippen LogP contribution in [-0.2, 0) is 27.9 Å². The lowest BCUT2D eigenvalue weighted by atomic mass is 9.93. The number of aliphatic hydroxyl groups is 1. The van der Waals surface area contributed by atoms with Gasteiger partial charge in [0.05, 0.1) is 25.2 Å². The summed E-state index contributed by atoms with van der Waals surface area (Å²) >= 11 is 0. The molecular weight excluding hydrogens is 378 g/mol. The van der Waals surface area contributed by atoms with Crippen LogP contribution in [0.5, 0.6) is 0 Å². The van der Waals surface area contributed by atoms with E-state index >= 15 is 0 Å². The second-order valence-corrected chi connectivity index (χ2v) is 8.08. The maximum Gasteiger partial charge on any atom is 0.315 e. The monoisotopic (exact) mass is 407 g/mol. The van der Waals surface area contributed by atoms with Crippen LogP contribution >= 0.6 is 0 Å². The molecule has 0 bridgehead atoms. The van der Waals surface area contributed by atoms with E-state index in [1.165, 1.54) is 0 Å². The number of fused-ring (bicyclic) bond motifs is 1. The predicted octanol–water partition coefficient (Wildman–Crippen LogP) is -0.436. The van der Waals surface area contributed by atoms with E-state index < -0.39 is 18.3 Å². The number of carbonyl (C=O) groups excluding carboxylic acids is 2. The molecule has 2 aliphatic heterocycles. The second kappa shape index (κ2) is 8.68. The Morgan fingerprint density at radius 3 is 2.79 bits per heavy atom. The first-order valence-corrected chi connectivity index (χ1v) is 10.3. The molecule has 5 unspecified atom stereocenters. The first kappa shape index (κ1) is 20.1. The molecule has 3 aliphatic rings. The van der Waals surface area contributed by atoms with Crippen molar-refractivity contribution in [1.82, 2.24) is 25.5 Å². The Bertz CT molecular complexity index is 736. The van der Waals surface area contributed by atoms with Gasteiger partial charge in [-0.3, -0.25) is 4.79 Å². The molecule has 1 saturated carbocycles. The summed E-state index contributed by atoms with van der Waals surface area (Å²) in [6.45, 7) is 0.586. The van der Waals surface area contributed by atoms with Crippen LogP contribution in [0.3, 0.4) is 0 Å². The van der Waals surface area contributed by atoms with Crippen LogP contribution in [0.25, 0.3) is 0 Å². The number of nitrogens with one attached hydrogen (secondary N) is 3. The van der Waals surface area contributed by atoms with E-state index in [1.807, 2.05) is 17.8 Å². The summed E-state index contributed by atoms with van der Waals surface area (Å²) in [6.07, 6.45) is 5.09. The minimum absolute atomic E-state index is 0.127. The number of aliphatic hydroxyl groups excluding tert-OH is 1. The van der Waals surface area contributed by atoms with Gasteiger partial charge in [-0.1, -0.05) is 0 Å². The van der Waals surface area contributed by atoms with E-state index in [-0.39, 0.29) is 43.2 Å². The Morgan fingerprint density at radius 2 is 2.14 bits per heavy atom. The Labute approximate surface area is 169 Å². The topological polar surface area (TPSA) is 127 Å². The summed E-state index contributed by atoms with van der Waals surface area (Å²) in [5.41, 5.74) is 0. The van der Waals surface area contributed by atoms with Crippen molar-refractivity contribution in [3.8, 4) is 0 Å². The lowest BCUT2D eigenvalue weighted by molar-refractivity contribution is -0.125. The SMILES string of the molecule is Cn1ccnc1CNC(=O)CC1CC2OC(CNC(=O)NC3CCC3)C(O)C2O1. The van der Waals surface area contributed by atoms with Gasteiger partial charge >= 0.3 is 6.03 Å². The van der Waals surface area contributed by atoms with Crippen LogP contribution < -0.4 is 16.0 Å². The highest BCUT2D eigenvalue weighted by Crippen LogP contribution is 2.35. The molecule has 0 spiro atoms. The van der Waals surface area contributed by atoms with Crippen LogP contribution in [0, 0.1) is 0 Å².